The second kappa shape index (κ2) is 12.5. The minimum atomic E-state index is 0. The van der Waals surface area contributed by atoms with Crippen molar-refractivity contribution in [1.29, 1.82) is 0 Å². The topological polar surface area (TPSA) is 66.7 Å². The van der Waals surface area contributed by atoms with E-state index in [4.69, 9.17) is 9.73 Å². The van der Waals surface area contributed by atoms with Gasteiger partial charge in [0.2, 0.25) is 0 Å². The summed E-state index contributed by atoms with van der Waals surface area (Å²) in [5.41, 5.74) is 2.28. The maximum absolute atomic E-state index is 5.55. The standard InChI is InChI=1S/C22H36N6O.HI/c1-5-23-22(25-15-17(2)27-13-14-29-16-18(27)3)24-11-8-12-28-19(4)26-20-9-6-7-10-21(20)28;/h6-7,9-10,17-18H,5,8,11-16H2,1-4H3,(H2,23,24,25);1H. The van der Waals surface area contributed by atoms with Crippen LogP contribution >= 0.6 is 24.0 Å². The number of fused-ring (bicyclic) bond motifs is 1. The van der Waals surface area contributed by atoms with Gasteiger partial charge in [-0.3, -0.25) is 9.89 Å². The molecule has 3 rings (SSSR count). The second-order valence-electron chi connectivity index (χ2n) is 7.81. The molecule has 1 fully saturated rings. The summed E-state index contributed by atoms with van der Waals surface area (Å²) >= 11 is 0. The maximum atomic E-state index is 5.55. The van der Waals surface area contributed by atoms with E-state index in [1.165, 1.54) is 5.52 Å². The van der Waals surface area contributed by atoms with Gasteiger partial charge in [0.25, 0.3) is 0 Å². The number of nitrogens with zero attached hydrogens (tertiary/aromatic N) is 4. The van der Waals surface area contributed by atoms with Crippen molar-refractivity contribution in [1.82, 2.24) is 25.1 Å². The van der Waals surface area contributed by atoms with Crippen molar-refractivity contribution in [2.45, 2.75) is 52.7 Å². The molecule has 30 heavy (non-hydrogen) atoms. The number of guanidine groups is 1. The average molecular weight is 528 g/mol. The van der Waals surface area contributed by atoms with E-state index in [9.17, 15) is 0 Å². The summed E-state index contributed by atoms with van der Waals surface area (Å²) in [6, 6.07) is 9.19. The monoisotopic (exact) mass is 528 g/mol. The highest BCUT2D eigenvalue weighted by atomic mass is 127. The molecule has 0 radical (unpaired) electrons. The number of hydrogen-bond donors (Lipinski definition) is 2. The van der Waals surface area contributed by atoms with Crippen molar-refractivity contribution in [3.63, 3.8) is 0 Å². The number of halogens is 1. The van der Waals surface area contributed by atoms with E-state index in [1.807, 2.05) is 6.07 Å². The van der Waals surface area contributed by atoms with Crippen LogP contribution in [0.5, 0.6) is 0 Å². The van der Waals surface area contributed by atoms with Crippen LogP contribution in [0, 0.1) is 6.92 Å². The number of imidazole rings is 1. The molecule has 1 aromatic carbocycles. The Morgan fingerprint density at radius 3 is 2.90 bits per heavy atom. The van der Waals surface area contributed by atoms with Gasteiger partial charge in [-0.2, -0.15) is 0 Å². The maximum Gasteiger partial charge on any atom is 0.191 e. The zero-order chi connectivity index (χ0) is 20.6. The van der Waals surface area contributed by atoms with Crippen LogP contribution in [-0.2, 0) is 11.3 Å². The highest BCUT2D eigenvalue weighted by Crippen LogP contribution is 2.15. The molecule has 1 saturated heterocycles. The number of benzene rings is 1. The van der Waals surface area contributed by atoms with E-state index in [-0.39, 0.29) is 24.0 Å². The zero-order valence-electron chi connectivity index (χ0n) is 18.7. The summed E-state index contributed by atoms with van der Waals surface area (Å²) in [6.07, 6.45) is 1.02. The predicted octanol–water partition coefficient (Wildman–Crippen LogP) is 3.02. The van der Waals surface area contributed by atoms with Crippen molar-refractivity contribution < 1.29 is 4.74 Å². The van der Waals surface area contributed by atoms with Crippen molar-refractivity contribution in [3.8, 4) is 0 Å². The summed E-state index contributed by atoms with van der Waals surface area (Å²) in [6.45, 7) is 14.7. The molecule has 1 aromatic heterocycles. The third-order valence-corrected chi connectivity index (χ3v) is 5.54. The lowest BCUT2D eigenvalue weighted by molar-refractivity contribution is -0.0165. The van der Waals surface area contributed by atoms with Gasteiger partial charge in [-0.1, -0.05) is 12.1 Å². The summed E-state index contributed by atoms with van der Waals surface area (Å²) in [7, 11) is 0. The Morgan fingerprint density at radius 1 is 1.33 bits per heavy atom. The van der Waals surface area contributed by atoms with Crippen LogP contribution in [0.3, 0.4) is 0 Å². The number of rotatable bonds is 8. The predicted molar refractivity (Wildman–Crippen MR) is 135 cm³/mol. The van der Waals surface area contributed by atoms with Crippen molar-refractivity contribution in [3.05, 3.63) is 30.1 Å². The van der Waals surface area contributed by atoms with Crippen molar-refractivity contribution in [2.24, 2.45) is 4.99 Å². The van der Waals surface area contributed by atoms with E-state index in [0.717, 1.165) is 69.7 Å². The zero-order valence-corrected chi connectivity index (χ0v) is 21.1. The molecule has 0 aliphatic carbocycles. The van der Waals surface area contributed by atoms with E-state index in [0.29, 0.717) is 12.1 Å². The van der Waals surface area contributed by atoms with Crippen LogP contribution in [-0.4, -0.2) is 71.9 Å². The normalized spacial score (nSPS) is 18.8. The number of aryl methyl sites for hydroxylation is 2. The number of hydrogen-bond acceptors (Lipinski definition) is 4. The molecular formula is C22H37IN6O. The van der Waals surface area contributed by atoms with E-state index < -0.39 is 0 Å². The van der Waals surface area contributed by atoms with Crippen LogP contribution in [0.4, 0.5) is 0 Å². The third kappa shape index (κ3) is 6.55. The van der Waals surface area contributed by atoms with Gasteiger partial charge in [-0.25, -0.2) is 4.98 Å². The first-order chi connectivity index (χ1) is 14.1. The molecule has 2 aromatic rings. The van der Waals surface area contributed by atoms with Crippen LogP contribution in [0.1, 0.15) is 33.0 Å². The van der Waals surface area contributed by atoms with Crippen LogP contribution in [0.2, 0.25) is 0 Å². The molecule has 0 spiro atoms. The fourth-order valence-electron chi connectivity index (χ4n) is 3.99. The lowest BCUT2D eigenvalue weighted by atomic mass is 10.2. The largest absolute Gasteiger partial charge is 0.379 e. The van der Waals surface area contributed by atoms with Gasteiger partial charge < -0.3 is 19.9 Å². The molecule has 0 amide bonds. The van der Waals surface area contributed by atoms with Gasteiger partial charge in [0.05, 0.1) is 30.8 Å². The number of aromatic nitrogens is 2. The van der Waals surface area contributed by atoms with Crippen LogP contribution in [0.15, 0.2) is 29.3 Å². The third-order valence-electron chi connectivity index (χ3n) is 5.54. The highest BCUT2D eigenvalue weighted by molar-refractivity contribution is 14.0. The molecule has 7 nitrogen and oxygen atoms in total. The average Bonchev–Trinajstić information content (AvgIpc) is 3.04. The molecule has 2 atom stereocenters. The molecular weight excluding hydrogens is 491 g/mol. The fourth-order valence-corrected chi connectivity index (χ4v) is 3.99. The van der Waals surface area contributed by atoms with Crippen LogP contribution in [0.25, 0.3) is 11.0 Å². The SMILES string of the molecule is CCNC(=NCC(C)N1CCOCC1C)NCCCn1c(C)nc2ccccc21.I. The lowest BCUT2D eigenvalue weighted by Gasteiger charge is -2.37. The van der Waals surface area contributed by atoms with E-state index in [1.54, 1.807) is 0 Å². The smallest absolute Gasteiger partial charge is 0.191 e. The van der Waals surface area contributed by atoms with Gasteiger partial charge >= 0.3 is 0 Å². The molecule has 2 unspecified atom stereocenters. The molecule has 0 bridgehead atoms. The van der Waals surface area contributed by atoms with Gasteiger partial charge in [0.15, 0.2) is 5.96 Å². The Kier molecular flexibility index (Phi) is 10.3. The molecule has 1 aliphatic rings. The molecule has 1 aliphatic heterocycles. The van der Waals surface area contributed by atoms with E-state index >= 15 is 0 Å². The van der Waals surface area contributed by atoms with Gasteiger partial charge in [0.1, 0.15) is 5.82 Å². The lowest BCUT2D eigenvalue weighted by Crippen LogP contribution is -2.49. The molecule has 2 heterocycles. The quantitative estimate of drug-likeness (QED) is 0.239. The number of aliphatic imine (C=N–C) groups is 1. The second-order valence-corrected chi connectivity index (χ2v) is 7.81. The highest BCUT2D eigenvalue weighted by Gasteiger charge is 2.23. The Hall–Kier alpha value is -1.39. The fraction of sp³-hybridized carbons (Fsp3) is 0.636. The van der Waals surface area contributed by atoms with E-state index in [2.05, 4.69) is 71.0 Å². The number of para-hydroxylation sites is 2. The Labute approximate surface area is 197 Å². The first-order valence-corrected chi connectivity index (χ1v) is 10.9. The minimum absolute atomic E-state index is 0. The Bertz CT molecular complexity index is 808. The summed E-state index contributed by atoms with van der Waals surface area (Å²) in [5.74, 6) is 1.97. The van der Waals surface area contributed by atoms with Gasteiger partial charge in [-0.05, 0) is 46.2 Å². The number of morpholine rings is 1. The van der Waals surface area contributed by atoms with Crippen molar-refractivity contribution >= 4 is 41.0 Å². The summed E-state index contributed by atoms with van der Waals surface area (Å²) in [4.78, 5) is 12.0. The Balaban J connectivity index is 0.00000320. The first-order valence-electron chi connectivity index (χ1n) is 10.9. The van der Waals surface area contributed by atoms with Crippen LogP contribution < -0.4 is 10.6 Å². The number of ether oxygens (including phenoxy) is 1. The Morgan fingerprint density at radius 2 is 2.13 bits per heavy atom. The first kappa shape index (κ1) is 24.9. The molecule has 168 valence electrons. The van der Waals surface area contributed by atoms with Crippen molar-refractivity contribution in [2.75, 3.05) is 39.4 Å². The van der Waals surface area contributed by atoms with Gasteiger partial charge in [0, 0.05) is 38.3 Å². The minimum Gasteiger partial charge on any atom is -0.379 e. The number of nitrogens with one attached hydrogen (secondary N) is 2. The van der Waals surface area contributed by atoms with Gasteiger partial charge in [-0.15, -0.1) is 24.0 Å². The molecule has 2 N–H and O–H groups in total. The summed E-state index contributed by atoms with van der Waals surface area (Å²) in [5, 5.41) is 6.85. The molecule has 0 saturated carbocycles. The molecule has 8 heteroatoms. The summed E-state index contributed by atoms with van der Waals surface area (Å²) < 4.78 is 7.84.